The van der Waals surface area contributed by atoms with E-state index in [1.54, 1.807) is 11.6 Å². The van der Waals surface area contributed by atoms with Gasteiger partial charge in [0.1, 0.15) is 0 Å². The Morgan fingerprint density at radius 1 is 1.29 bits per heavy atom. The molecule has 156 valence electrons. The van der Waals surface area contributed by atoms with E-state index in [9.17, 15) is 9.59 Å². The molecule has 0 aliphatic carbocycles. The molecule has 2 fully saturated rings. The van der Waals surface area contributed by atoms with Crippen LogP contribution in [-0.2, 0) is 16.1 Å². The number of ether oxygens (including phenoxy) is 1. The van der Waals surface area contributed by atoms with Crippen molar-refractivity contribution in [3.8, 4) is 0 Å². The first kappa shape index (κ1) is 20.8. The molecule has 8 heteroatoms. The Morgan fingerprint density at radius 3 is 2.68 bits per heavy atom. The molecule has 2 aliphatic rings. The van der Waals surface area contributed by atoms with Crippen LogP contribution in [0.4, 0.5) is 0 Å². The fourth-order valence-electron chi connectivity index (χ4n) is 4.13. The summed E-state index contributed by atoms with van der Waals surface area (Å²) < 4.78 is 7.18. The number of nitrogens with zero attached hydrogens (tertiary/aromatic N) is 5. The highest BCUT2D eigenvalue weighted by Gasteiger charge is 2.33. The van der Waals surface area contributed by atoms with Crippen molar-refractivity contribution in [2.45, 2.75) is 46.2 Å². The van der Waals surface area contributed by atoms with E-state index in [0.717, 1.165) is 64.5 Å². The molecule has 0 radical (unpaired) electrons. The van der Waals surface area contributed by atoms with E-state index in [1.807, 2.05) is 29.8 Å². The van der Waals surface area contributed by atoms with Crippen molar-refractivity contribution in [1.82, 2.24) is 24.5 Å². The maximum atomic E-state index is 12.9. The number of morpholine rings is 1. The number of hydrogen-bond acceptors (Lipinski definition) is 5. The molecule has 8 nitrogen and oxygen atoms in total. The molecule has 28 heavy (non-hydrogen) atoms. The number of likely N-dealkylation sites (tertiary alicyclic amines) is 1. The molecule has 1 unspecified atom stereocenters. The zero-order valence-electron chi connectivity index (χ0n) is 17.4. The van der Waals surface area contributed by atoms with Gasteiger partial charge >= 0.3 is 0 Å². The summed E-state index contributed by atoms with van der Waals surface area (Å²) in [6.45, 7) is 12.8. The molecule has 1 aromatic rings. The zero-order valence-corrected chi connectivity index (χ0v) is 17.4. The molecular formula is C20H33N5O3. The summed E-state index contributed by atoms with van der Waals surface area (Å²) in [5, 5.41) is 4.38. The van der Waals surface area contributed by atoms with Crippen molar-refractivity contribution in [3.63, 3.8) is 0 Å². The van der Waals surface area contributed by atoms with Crippen molar-refractivity contribution < 1.29 is 14.3 Å². The fraction of sp³-hybridized carbons (Fsp3) is 0.750. The van der Waals surface area contributed by atoms with Gasteiger partial charge in [-0.2, -0.15) is 5.10 Å². The van der Waals surface area contributed by atoms with Gasteiger partial charge in [0.25, 0.3) is 5.91 Å². The number of carbonyl (C=O) groups excluding carboxylic acids is 2. The second kappa shape index (κ2) is 9.52. The Bertz CT molecular complexity index is 683. The van der Waals surface area contributed by atoms with Crippen LogP contribution >= 0.6 is 0 Å². The normalized spacial score (nSPS) is 20.5. The first-order chi connectivity index (χ1) is 13.5. The summed E-state index contributed by atoms with van der Waals surface area (Å²) in [4.78, 5) is 31.3. The molecule has 2 saturated heterocycles. The number of aromatic nitrogens is 2. The van der Waals surface area contributed by atoms with Crippen molar-refractivity contribution in [3.05, 3.63) is 17.5 Å². The van der Waals surface area contributed by atoms with Gasteiger partial charge in [-0.05, 0) is 26.7 Å². The lowest BCUT2D eigenvalue weighted by Crippen LogP contribution is -2.44. The highest BCUT2D eigenvalue weighted by molar-refractivity contribution is 5.95. The minimum atomic E-state index is 0.0246. The third kappa shape index (κ3) is 4.91. The lowest BCUT2D eigenvalue weighted by atomic mass is 10.2. The van der Waals surface area contributed by atoms with Crippen LogP contribution in [0, 0.1) is 6.92 Å². The van der Waals surface area contributed by atoms with E-state index in [4.69, 9.17) is 4.74 Å². The minimum Gasteiger partial charge on any atom is -0.379 e. The van der Waals surface area contributed by atoms with Crippen molar-refractivity contribution >= 4 is 11.8 Å². The monoisotopic (exact) mass is 391 g/mol. The quantitative estimate of drug-likeness (QED) is 0.693. The van der Waals surface area contributed by atoms with Crippen LogP contribution in [0.15, 0.2) is 6.20 Å². The summed E-state index contributed by atoms with van der Waals surface area (Å²) in [5.74, 6) is 0.118. The van der Waals surface area contributed by atoms with Crippen LogP contribution in [0.2, 0.25) is 0 Å². The van der Waals surface area contributed by atoms with Crippen LogP contribution in [0.1, 0.15) is 42.7 Å². The summed E-state index contributed by atoms with van der Waals surface area (Å²) in [6.07, 6.45) is 3.62. The molecular weight excluding hydrogens is 358 g/mol. The third-order valence-corrected chi connectivity index (χ3v) is 5.77. The predicted molar refractivity (Wildman–Crippen MR) is 106 cm³/mol. The largest absolute Gasteiger partial charge is 0.379 e. The van der Waals surface area contributed by atoms with Crippen LogP contribution in [0.25, 0.3) is 0 Å². The van der Waals surface area contributed by atoms with Gasteiger partial charge in [0.15, 0.2) is 0 Å². The van der Waals surface area contributed by atoms with E-state index in [-0.39, 0.29) is 17.9 Å². The SMILES string of the molecule is CCn1cc(C(=O)N2CCC(N(CCCN3CCOCC3)C(C)=O)C2)c(C)n1. The average molecular weight is 392 g/mol. The number of aryl methyl sites for hydroxylation is 2. The molecule has 1 atom stereocenters. The minimum absolute atomic E-state index is 0.0246. The van der Waals surface area contributed by atoms with Gasteiger partial charge < -0.3 is 14.5 Å². The Morgan fingerprint density at radius 2 is 2.04 bits per heavy atom. The van der Waals surface area contributed by atoms with Crippen molar-refractivity contribution in [2.75, 3.05) is 52.5 Å². The second-order valence-corrected chi connectivity index (χ2v) is 7.70. The molecule has 0 bridgehead atoms. The smallest absolute Gasteiger partial charge is 0.257 e. The van der Waals surface area contributed by atoms with Gasteiger partial charge in [0, 0.05) is 58.9 Å². The van der Waals surface area contributed by atoms with E-state index in [1.165, 1.54) is 0 Å². The maximum absolute atomic E-state index is 12.9. The van der Waals surface area contributed by atoms with Crippen LogP contribution in [-0.4, -0.2) is 94.8 Å². The lowest BCUT2D eigenvalue weighted by Gasteiger charge is -2.30. The van der Waals surface area contributed by atoms with Gasteiger partial charge in [0.2, 0.25) is 5.91 Å². The molecule has 2 amide bonds. The van der Waals surface area contributed by atoms with E-state index in [0.29, 0.717) is 18.7 Å². The first-order valence-corrected chi connectivity index (χ1v) is 10.4. The fourth-order valence-corrected chi connectivity index (χ4v) is 4.13. The molecule has 0 saturated carbocycles. The Hall–Kier alpha value is -1.93. The predicted octanol–water partition coefficient (Wildman–Crippen LogP) is 0.997. The summed E-state index contributed by atoms with van der Waals surface area (Å²) in [7, 11) is 0. The highest BCUT2D eigenvalue weighted by Crippen LogP contribution is 2.20. The number of carbonyl (C=O) groups is 2. The molecule has 0 spiro atoms. The number of hydrogen-bond donors (Lipinski definition) is 0. The first-order valence-electron chi connectivity index (χ1n) is 10.4. The Balaban J connectivity index is 1.54. The average Bonchev–Trinajstić information content (AvgIpc) is 3.32. The molecule has 0 N–H and O–H groups in total. The van der Waals surface area contributed by atoms with Gasteiger partial charge in [-0.1, -0.05) is 0 Å². The van der Waals surface area contributed by atoms with Crippen LogP contribution in [0.3, 0.4) is 0 Å². The van der Waals surface area contributed by atoms with Gasteiger partial charge in [0.05, 0.1) is 30.5 Å². The molecule has 3 heterocycles. The number of amides is 2. The Kier molecular flexibility index (Phi) is 7.07. The molecule has 2 aliphatic heterocycles. The topological polar surface area (TPSA) is 70.9 Å². The van der Waals surface area contributed by atoms with Crippen molar-refractivity contribution in [1.29, 1.82) is 0 Å². The maximum Gasteiger partial charge on any atom is 0.257 e. The third-order valence-electron chi connectivity index (χ3n) is 5.77. The van der Waals surface area contributed by atoms with Gasteiger partial charge in [-0.3, -0.25) is 19.2 Å². The molecule has 0 aromatic carbocycles. The standard InChI is InChI=1S/C20H33N5O3/c1-4-24-15-19(16(2)21-24)20(27)23-9-6-18(14-23)25(17(3)26)8-5-7-22-10-12-28-13-11-22/h15,18H,4-14H2,1-3H3. The Labute approximate surface area is 167 Å². The lowest BCUT2D eigenvalue weighted by molar-refractivity contribution is -0.131. The van der Waals surface area contributed by atoms with Gasteiger partial charge in [-0.25, -0.2) is 0 Å². The van der Waals surface area contributed by atoms with Crippen LogP contribution < -0.4 is 0 Å². The molecule has 3 rings (SSSR count). The molecule has 1 aromatic heterocycles. The van der Waals surface area contributed by atoms with E-state index in [2.05, 4.69) is 10.00 Å². The second-order valence-electron chi connectivity index (χ2n) is 7.70. The zero-order chi connectivity index (χ0) is 20.1. The highest BCUT2D eigenvalue weighted by atomic mass is 16.5. The van der Waals surface area contributed by atoms with E-state index >= 15 is 0 Å². The number of rotatable bonds is 7. The summed E-state index contributed by atoms with van der Waals surface area (Å²) in [6, 6.07) is 0.104. The van der Waals surface area contributed by atoms with Gasteiger partial charge in [-0.15, -0.1) is 0 Å². The van der Waals surface area contributed by atoms with E-state index < -0.39 is 0 Å². The van der Waals surface area contributed by atoms with Crippen LogP contribution in [0.5, 0.6) is 0 Å². The summed E-state index contributed by atoms with van der Waals surface area (Å²) >= 11 is 0. The van der Waals surface area contributed by atoms with Crippen molar-refractivity contribution in [2.24, 2.45) is 0 Å². The summed E-state index contributed by atoms with van der Waals surface area (Å²) in [5.41, 5.74) is 1.44.